The second kappa shape index (κ2) is 8.31. The number of amides is 1. The van der Waals surface area contributed by atoms with Crippen molar-refractivity contribution in [2.45, 2.75) is 13.3 Å². The Morgan fingerprint density at radius 2 is 1.81 bits per heavy atom. The molecule has 2 N–H and O–H groups in total. The van der Waals surface area contributed by atoms with Gasteiger partial charge in [0.05, 0.1) is 0 Å². The van der Waals surface area contributed by atoms with Gasteiger partial charge >= 0.3 is 5.97 Å². The summed E-state index contributed by atoms with van der Waals surface area (Å²) in [6.07, 6.45) is 0.699. The third kappa shape index (κ3) is 4.61. The summed E-state index contributed by atoms with van der Waals surface area (Å²) in [5.41, 5.74) is 1.97. The van der Waals surface area contributed by atoms with Gasteiger partial charge in [-0.2, -0.15) is 0 Å². The van der Waals surface area contributed by atoms with Crippen molar-refractivity contribution < 1.29 is 14.3 Å². The maximum atomic E-state index is 12.1. The van der Waals surface area contributed by atoms with Crippen molar-refractivity contribution in [1.29, 1.82) is 0 Å². The van der Waals surface area contributed by atoms with Crippen LogP contribution in [0.5, 0.6) is 0 Å². The van der Waals surface area contributed by atoms with E-state index in [4.69, 9.17) is 4.74 Å². The van der Waals surface area contributed by atoms with Crippen LogP contribution in [-0.4, -0.2) is 30.0 Å². The Balaban J connectivity index is 1.52. The number of carbonyl (C=O) groups is 2. The lowest BCUT2D eigenvalue weighted by Crippen LogP contribution is -2.31. The first-order valence-electron chi connectivity index (χ1n) is 8.65. The van der Waals surface area contributed by atoms with Crippen molar-refractivity contribution in [2.75, 3.05) is 13.2 Å². The minimum Gasteiger partial charge on any atom is -0.451 e. The second-order valence-corrected chi connectivity index (χ2v) is 6.20. The predicted molar refractivity (Wildman–Crippen MR) is 103 cm³/mol. The molecule has 0 aliphatic heterocycles. The molecule has 0 unspecified atom stereocenters. The van der Waals surface area contributed by atoms with Crippen molar-refractivity contribution >= 4 is 22.6 Å². The molecule has 1 amide bonds. The van der Waals surface area contributed by atoms with E-state index in [2.05, 4.69) is 10.3 Å². The van der Waals surface area contributed by atoms with Gasteiger partial charge in [-0.3, -0.25) is 9.59 Å². The van der Waals surface area contributed by atoms with Gasteiger partial charge in [0.25, 0.3) is 11.5 Å². The summed E-state index contributed by atoms with van der Waals surface area (Å²) in [5, 5.41) is 3.84. The van der Waals surface area contributed by atoms with E-state index >= 15 is 0 Å². The molecular weight excluding hydrogens is 344 g/mol. The Labute approximate surface area is 156 Å². The number of aromatic amines is 1. The van der Waals surface area contributed by atoms with Crippen LogP contribution < -0.4 is 10.9 Å². The fourth-order valence-electron chi connectivity index (χ4n) is 2.81. The average Bonchev–Trinajstić information content (AvgIpc) is 2.67. The number of ether oxygens (including phenoxy) is 1. The van der Waals surface area contributed by atoms with Gasteiger partial charge in [-0.25, -0.2) is 4.79 Å². The molecule has 138 valence electrons. The minimum atomic E-state index is -0.744. The first kappa shape index (κ1) is 18.4. The van der Waals surface area contributed by atoms with E-state index in [1.807, 2.05) is 31.2 Å². The van der Waals surface area contributed by atoms with Crippen molar-refractivity contribution in [3.63, 3.8) is 0 Å². The van der Waals surface area contributed by atoms with Crippen LogP contribution in [-0.2, 0) is 16.0 Å². The molecule has 1 aromatic heterocycles. The number of aryl methyl sites for hydroxylation is 1. The summed E-state index contributed by atoms with van der Waals surface area (Å²) < 4.78 is 5.00. The molecule has 27 heavy (non-hydrogen) atoms. The number of aromatic nitrogens is 1. The lowest BCUT2D eigenvalue weighted by Gasteiger charge is -2.08. The minimum absolute atomic E-state index is 0.0198. The van der Waals surface area contributed by atoms with Crippen LogP contribution in [0.3, 0.4) is 0 Å². The van der Waals surface area contributed by atoms with Crippen LogP contribution in [0.15, 0.2) is 59.4 Å². The summed E-state index contributed by atoms with van der Waals surface area (Å²) in [4.78, 5) is 38.5. The molecule has 0 radical (unpaired) electrons. The van der Waals surface area contributed by atoms with Crippen LogP contribution in [0.1, 0.15) is 21.6 Å². The molecule has 0 spiro atoms. The zero-order valence-electron chi connectivity index (χ0n) is 15.0. The summed E-state index contributed by atoms with van der Waals surface area (Å²) >= 11 is 0. The van der Waals surface area contributed by atoms with E-state index in [0.717, 1.165) is 5.56 Å². The highest BCUT2D eigenvalue weighted by Gasteiger charge is 2.13. The molecule has 6 heteroatoms. The van der Waals surface area contributed by atoms with Gasteiger partial charge in [-0.05, 0) is 42.0 Å². The SMILES string of the molecule is Cc1ccccc1CCNC(=O)COC(=O)c1cc2ccccc2c(=O)[nH]1. The molecule has 3 aromatic rings. The maximum Gasteiger partial charge on any atom is 0.355 e. The largest absolute Gasteiger partial charge is 0.451 e. The average molecular weight is 364 g/mol. The number of carbonyl (C=O) groups excluding carboxylic acids is 2. The maximum absolute atomic E-state index is 12.1. The molecule has 6 nitrogen and oxygen atoms in total. The number of hydrogen-bond acceptors (Lipinski definition) is 4. The van der Waals surface area contributed by atoms with E-state index in [1.54, 1.807) is 24.3 Å². The van der Waals surface area contributed by atoms with Gasteiger partial charge in [0, 0.05) is 11.9 Å². The monoisotopic (exact) mass is 364 g/mol. The van der Waals surface area contributed by atoms with Gasteiger partial charge < -0.3 is 15.0 Å². The summed E-state index contributed by atoms with van der Waals surface area (Å²) in [5.74, 6) is -1.13. The smallest absolute Gasteiger partial charge is 0.355 e. The van der Waals surface area contributed by atoms with Crippen LogP contribution in [0.2, 0.25) is 0 Å². The first-order chi connectivity index (χ1) is 13.0. The highest BCUT2D eigenvalue weighted by molar-refractivity contribution is 5.94. The fourth-order valence-corrected chi connectivity index (χ4v) is 2.81. The molecule has 0 saturated heterocycles. The number of pyridine rings is 1. The van der Waals surface area contributed by atoms with E-state index in [9.17, 15) is 14.4 Å². The molecular formula is C21H20N2O4. The highest BCUT2D eigenvalue weighted by Crippen LogP contribution is 2.10. The lowest BCUT2D eigenvalue weighted by molar-refractivity contribution is -0.124. The van der Waals surface area contributed by atoms with E-state index in [-0.39, 0.29) is 17.2 Å². The van der Waals surface area contributed by atoms with Crippen LogP contribution >= 0.6 is 0 Å². The number of hydrogen-bond donors (Lipinski definition) is 2. The summed E-state index contributed by atoms with van der Waals surface area (Å²) in [7, 11) is 0. The molecule has 0 aliphatic carbocycles. The van der Waals surface area contributed by atoms with E-state index < -0.39 is 12.6 Å². The Kier molecular flexibility index (Phi) is 5.66. The van der Waals surface area contributed by atoms with Gasteiger partial charge in [-0.1, -0.05) is 42.5 Å². The molecule has 0 aliphatic rings. The Bertz CT molecular complexity index is 1040. The molecule has 0 saturated carbocycles. The number of H-pyrrole nitrogens is 1. The van der Waals surface area contributed by atoms with Crippen molar-refractivity contribution in [2.24, 2.45) is 0 Å². The Morgan fingerprint density at radius 3 is 2.63 bits per heavy atom. The van der Waals surface area contributed by atoms with Gasteiger partial charge in [-0.15, -0.1) is 0 Å². The normalized spacial score (nSPS) is 10.6. The lowest BCUT2D eigenvalue weighted by atomic mass is 10.1. The van der Waals surface area contributed by atoms with Gasteiger partial charge in [0.15, 0.2) is 6.61 Å². The number of fused-ring (bicyclic) bond motifs is 1. The fraction of sp³-hybridized carbons (Fsp3) is 0.190. The summed E-state index contributed by atoms with van der Waals surface area (Å²) in [6.45, 7) is 2.07. The number of esters is 1. The zero-order chi connectivity index (χ0) is 19.2. The molecule has 3 rings (SSSR count). The van der Waals surface area contributed by atoms with E-state index in [0.29, 0.717) is 23.7 Å². The molecule has 2 aromatic carbocycles. The number of benzene rings is 2. The topological polar surface area (TPSA) is 88.3 Å². The van der Waals surface area contributed by atoms with Crippen LogP contribution in [0.25, 0.3) is 10.8 Å². The van der Waals surface area contributed by atoms with Crippen molar-refractivity contribution in [1.82, 2.24) is 10.3 Å². The quantitative estimate of drug-likeness (QED) is 0.657. The second-order valence-electron chi connectivity index (χ2n) is 6.20. The third-order valence-corrected chi connectivity index (χ3v) is 4.29. The first-order valence-corrected chi connectivity index (χ1v) is 8.65. The van der Waals surface area contributed by atoms with Crippen molar-refractivity contribution in [3.8, 4) is 0 Å². The molecule has 1 heterocycles. The molecule has 0 atom stereocenters. The predicted octanol–water partition coefficient (Wildman–Crippen LogP) is 2.35. The van der Waals surface area contributed by atoms with Crippen LogP contribution in [0, 0.1) is 6.92 Å². The highest BCUT2D eigenvalue weighted by atomic mass is 16.5. The number of rotatable bonds is 6. The number of nitrogens with one attached hydrogen (secondary N) is 2. The molecule has 0 fully saturated rings. The van der Waals surface area contributed by atoms with Gasteiger partial charge in [0.1, 0.15) is 5.69 Å². The molecule has 0 bridgehead atoms. The van der Waals surface area contributed by atoms with Crippen molar-refractivity contribution in [3.05, 3.63) is 81.8 Å². The third-order valence-electron chi connectivity index (χ3n) is 4.29. The standard InChI is InChI=1S/C21H20N2O4/c1-14-6-2-3-7-15(14)10-11-22-19(24)13-27-21(26)18-12-16-8-4-5-9-17(16)20(25)23-18/h2-9,12H,10-11,13H2,1H3,(H,22,24)(H,23,25). The summed E-state index contributed by atoms with van der Waals surface area (Å²) in [6, 6.07) is 16.4. The van der Waals surface area contributed by atoms with Gasteiger partial charge in [0.2, 0.25) is 0 Å². The Morgan fingerprint density at radius 1 is 1.07 bits per heavy atom. The Hall–Kier alpha value is -3.41. The zero-order valence-corrected chi connectivity index (χ0v) is 15.0. The van der Waals surface area contributed by atoms with Crippen LogP contribution in [0.4, 0.5) is 0 Å². The van der Waals surface area contributed by atoms with E-state index in [1.165, 1.54) is 11.6 Å².